The van der Waals surface area contributed by atoms with Crippen molar-refractivity contribution in [3.63, 3.8) is 0 Å². The molecule has 2 aliphatic heterocycles. The number of halogens is 2. The lowest BCUT2D eigenvalue weighted by Crippen LogP contribution is -2.57. The van der Waals surface area contributed by atoms with Gasteiger partial charge in [0.15, 0.2) is 0 Å². The van der Waals surface area contributed by atoms with E-state index in [4.69, 9.17) is 9.47 Å². The van der Waals surface area contributed by atoms with Crippen LogP contribution in [0.5, 0.6) is 0 Å². The van der Waals surface area contributed by atoms with Gasteiger partial charge in [0.2, 0.25) is 5.91 Å². The van der Waals surface area contributed by atoms with Gasteiger partial charge in [0.25, 0.3) is 5.91 Å². The molecule has 2 heterocycles. The van der Waals surface area contributed by atoms with E-state index in [1.807, 2.05) is 0 Å². The van der Waals surface area contributed by atoms with E-state index in [1.54, 1.807) is 17.0 Å². The third kappa shape index (κ3) is 6.16. The monoisotopic (exact) mass is 474 g/mol. The van der Waals surface area contributed by atoms with Gasteiger partial charge in [-0.3, -0.25) is 9.59 Å². The number of carbonyl (C=O) groups is 2. The molecule has 9 heteroatoms. The fourth-order valence-corrected chi connectivity index (χ4v) is 4.46. The van der Waals surface area contributed by atoms with Crippen LogP contribution in [0.1, 0.15) is 35.2 Å². The Morgan fingerprint density at radius 1 is 1.06 bits per heavy atom. The van der Waals surface area contributed by atoms with Gasteiger partial charge in [-0.1, -0.05) is 12.1 Å². The van der Waals surface area contributed by atoms with E-state index in [0.29, 0.717) is 24.0 Å². The highest BCUT2D eigenvalue weighted by atomic mass is 19.1. The number of nitrogens with zero attached hydrogens (tertiary/aromatic N) is 1. The Labute approximate surface area is 196 Å². The minimum absolute atomic E-state index is 0.0541. The highest BCUT2D eigenvalue weighted by Gasteiger charge is 2.40. The van der Waals surface area contributed by atoms with Crippen molar-refractivity contribution in [2.75, 3.05) is 19.8 Å². The zero-order valence-corrected chi connectivity index (χ0v) is 18.7. The van der Waals surface area contributed by atoms with Gasteiger partial charge < -0.3 is 24.8 Å². The second kappa shape index (κ2) is 11.0. The molecule has 0 bridgehead atoms. The fourth-order valence-electron chi connectivity index (χ4n) is 4.46. The molecular formula is C25H28F2N2O5. The van der Waals surface area contributed by atoms with Crippen molar-refractivity contribution in [3.8, 4) is 0 Å². The highest BCUT2D eigenvalue weighted by molar-refractivity contribution is 5.94. The lowest BCUT2D eigenvalue weighted by atomic mass is 9.94. The molecular weight excluding hydrogens is 446 g/mol. The molecule has 2 amide bonds. The smallest absolute Gasteiger partial charge is 0.254 e. The maximum Gasteiger partial charge on any atom is 0.254 e. The second-order valence-corrected chi connectivity index (χ2v) is 8.71. The predicted octanol–water partition coefficient (Wildman–Crippen LogP) is 2.42. The van der Waals surface area contributed by atoms with Gasteiger partial charge in [-0.25, -0.2) is 8.78 Å². The number of β-amino-alcohol motifs (C(OH)–C–C–N with tert-alkyl or cyclic N) is 1. The van der Waals surface area contributed by atoms with Gasteiger partial charge in [0.05, 0.1) is 37.9 Å². The molecule has 2 aliphatic rings. The Balaban J connectivity index is 1.38. The average Bonchev–Trinajstić information content (AvgIpc) is 2.81. The highest BCUT2D eigenvalue weighted by Crippen LogP contribution is 2.29. The van der Waals surface area contributed by atoms with Gasteiger partial charge in [-0.05, 0) is 54.8 Å². The minimum atomic E-state index is -0.850. The molecule has 7 nitrogen and oxygen atoms in total. The lowest BCUT2D eigenvalue weighted by molar-refractivity contribution is -0.151. The number of hydrogen-bond acceptors (Lipinski definition) is 5. The summed E-state index contributed by atoms with van der Waals surface area (Å²) in [6, 6.07) is 11.0. The molecule has 0 saturated carbocycles. The summed E-state index contributed by atoms with van der Waals surface area (Å²) in [5.41, 5.74) is 0.993. The van der Waals surface area contributed by atoms with Crippen molar-refractivity contribution >= 4 is 11.8 Å². The molecule has 0 radical (unpaired) electrons. The summed E-state index contributed by atoms with van der Waals surface area (Å²) in [5, 5.41) is 13.0. The second-order valence-electron chi connectivity index (χ2n) is 8.71. The van der Waals surface area contributed by atoms with E-state index in [1.165, 1.54) is 36.4 Å². The van der Waals surface area contributed by atoms with E-state index in [0.717, 1.165) is 0 Å². The topological polar surface area (TPSA) is 88.1 Å². The Morgan fingerprint density at radius 3 is 2.62 bits per heavy atom. The van der Waals surface area contributed by atoms with Crippen LogP contribution in [-0.2, 0) is 20.8 Å². The molecule has 4 rings (SSSR count). The molecule has 0 aromatic heterocycles. The fraction of sp³-hybridized carbons (Fsp3) is 0.440. The Hall–Kier alpha value is -2.88. The summed E-state index contributed by atoms with van der Waals surface area (Å²) >= 11 is 0. The van der Waals surface area contributed by atoms with E-state index in [-0.39, 0.29) is 62.5 Å². The van der Waals surface area contributed by atoms with Crippen molar-refractivity contribution < 1.29 is 33.0 Å². The normalized spacial score (nSPS) is 25.1. The number of carbonyl (C=O) groups excluding carboxylic acids is 2. The Bertz CT molecular complexity index is 1000. The van der Waals surface area contributed by atoms with Crippen molar-refractivity contribution in [2.24, 2.45) is 0 Å². The molecule has 2 fully saturated rings. The van der Waals surface area contributed by atoms with Gasteiger partial charge in [-0.2, -0.15) is 0 Å². The van der Waals surface area contributed by atoms with Crippen LogP contribution in [0.3, 0.4) is 0 Å². The number of amides is 2. The molecule has 2 aromatic rings. The van der Waals surface area contributed by atoms with Crippen LogP contribution in [0.15, 0.2) is 48.5 Å². The number of ether oxygens (including phenoxy) is 2. The Morgan fingerprint density at radius 2 is 1.85 bits per heavy atom. The number of fused-ring (bicyclic) bond motifs is 1. The van der Waals surface area contributed by atoms with E-state index in [9.17, 15) is 23.5 Å². The van der Waals surface area contributed by atoms with E-state index < -0.39 is 18.0 Å². The summed E-state index contributed by atoms with van der Waals surface area (Å²) in [6.45, 7) is 0.519. The third-order valence-corrected chi connectivity index (χ3v) is 6.12. The summed E-state index contributed by atoms with van der Waals surface area (Å²) in [4.78, 5) is 27.2. The maximum atomic E-state index is 13.3. The van der Waals surface area contributed by atoms with Crippen LogP contribution in [0.25, 0.3) is 0 Å². The van der Waals surface area contributed by atoms with Gasteiger partial charge in [0.1, 0.15) is 17.7 Å². The van der Waals surface area contributed by atoms with E-state index >= 15 is 0 Å². The standard InChI is InChI=1S/C25H28F2N2O5/c26-18-6-4-17(5-7-18)25(32)29-13-20(30)14-33-15-23-22(29)9-8-21(34-23)11-24(31)28-12-16-2-1-3-19(27)10-16/h1-7,10,20-23,30H,8-9,11-15H2,(H,28,31)/t20-,21-,22-,23+/m0/s1. The van der Waals surface area contributed by atoms with Crippen LogP contribution >= 0.6 is 0 Å². The van der Waals surface area contributed by atoms with Gasteiger partial charge in [-0.15, -0.1) is 0 Å². The average molecular weight is 475 g/mol. The largest absolute Gasteiger partial charge is 0.389 e. The van der Waals surface area contributed by atoms with Crippen LogP contribution in [0.2, 0.25) is 0 Å². The number of aliphatic hydroxyl groups is 1. The molecule has 0 unspecified atom stereocenters. The summed E-state index contributed by atoms with van der Waals surface area (Å²) in [7, 11) is 0. The first kappa shape index (κ1) is 24.3. The van der Waals surface area contributed by atoms with Crippen molar-refractivity contribution in [1.29, 1.82) is 0 Å². The van der Waals surface area contributed by atoms with Crippen LogP contribution < -0.4 is 5.32 Å². The third-order valence-electron chi connectivity index (χ3n) is 6.12. The first-order chi connectivity index (χ1) is 16.4. The molecule has 182 valence electrons. The first-order valence-electron chi connectivity index (χ1n) is 11.4. The summed E-state index contributed by atoms with van der Waals surface area (Å²) < 4.78 is 38.4. The molecule has 0 aliphatic carbocycles. The molecule has 2 aromatic carbocycles. The SMILES string of the molecule is O=C(C[C@@H]1CC[C@H]2[C@@H](COC[C@@H](O)CN2C(=O)c2ccc(F)cc2)O1)NCc1cccc(F)c1. The number of rotatable bonds is 5. The van der Waals surface area contributed by atoms with Crippen molar-refractivity contribution in [3.05, 3.63) is 71.3 Å². The lowest BCUT2D eigenvalue weighted by Gasteiger charge is -2.44. The molecule has 4 atom stereocenters. The van der Waals surface area contributed by atoms with E-state index in [2.05, 4.69) is 5.32 Å². The van der Waals surface area contributed by atoms with Crippen LogP contribution in [0.4, 0.5) is 8.78 Å². The van der Waals surface area contributed by atoms with Crippen molar-refractivity contribution in [1.82, 2.24) is 10.2 Å². The number of hydrogen-bond donors (Lipinski definition) is 2. The maximum absolute atomic E-state index is 13.3. The van der Waals surface area contributed by atoms with Crippen molar-refractivity contribution in [2.45, 2.75) is 50.2 Å². The van der Waals surface area contributed by atoms with Crippen LogP contribution in [0, 0.1) is 11.6 Å². The predicted molar refractivity (Wildman–Crippen MR) is 119 cm³/mol. The number of aliphatic hydroxyl groups excluding tert-OH is 1. The minimum Gasteiger partial charge on any atom is -0.389 e. The zero-order chi connectivity index (χ0) is 24.1. The zero-order valence-electron chi connectivity index (χ0n) is 18.7. The number of nitrogens with one attached hydrogen (secondary N) is 1. The first-order valence-corrected chi connectivity index (χ1v) is 11.4. The molecule has 0 spiro atoms. The van der Waals surface area contributed by atoms with Gasteiger partial charge >= 0.3 is 0 Å². The molecule has 2 N–H and O–H groups in total. The Kier molecular flexibility index (Phi) is 7.87. The van der Waals surface area contributed by atoms with Gasteiger partial charge in [0, 0.05) is 18.7 Å². The summed E-state index contributed by atoms with van der Waals surface area (Å²) in [5.74, 6) is -1.32. The van der Waals surface area contributed by atoms with Crippen LogP contribution in [-0.4, -0.2) is 65.9 Å². The molecule has 34 heavy (non-hydrogen) atoms. The number of benzene rings is 2. The molecule has 2 saturated heterocycles. The summed E-state index contributed by atoms with van der Waals surface area (Å²) in [6.07, 6.45) is -0.437. The quantitative estimate of drug-likeness (QED) is 0.695.